The fourth-order valence-electron chi connectivity index (χ4n) is 4.93. The molecule has 3 N–H and O–H groups in total. The second-order valence-electron chi connectivity index (χ2n) is 9.05. The first kappa shape index (κ1) is 21.4. The number of aryl methyl sites for hydroxylation is 1. The van der Waals surface area contributed by atoms with E-state index in [0.717, 1.165) is 34.7 Å². The molecule has 2 aromatic carbocycles. The van der Waals surface area contributed by atoms with Crippen LogP contribution in [0.4, 0.5) is 31.5 Å². The highest BCUT2D eigenvalue weighted by atomic mass is 19.3. The first-order valence-corrected chi connectivity index (χ1v) is 11.3. The summed E-state index contributed by atoms with van der Waals surface area (Å²) < 4.78 is 28.5. The van der Waals surface area contributed by atoms with Gasteiger partial charge < -0.3 is 15.5 Å². The number of rotatable bonds is 3. The molecule has 5 rings (SSSR count). The zero-order chi connectivity index (χ0) is 23.3. The Balaban J connectivity index is 1.68. The molecule has 6 nitrogen and oxygen atoms in total. The van der Waals surface area contributed by atoms with Gasteiger partial charge in [0.1, 0.15) is 0 Å². The summed E-state index contributed by atoms with van der Waals surface area (Å²) in [6.45, 7) is 6.64. The Morgan fingerprint density at radius 2 is 1.97 bits per heavy atom. The largest absolute Gasteiger partial charge is 0.379 e. The number of nitrogens with zero attached hydrogens (tertiary/aromatic N) is 2. The van der Waals surface area contributed by atoms with E-state index in [1.807, 2.05) is 38.1 Å². The Hall–Kier alpha value is -3.42. The van der Waals surface area contributed by atoms with E-state index >= 15 is 0 Å². The lowest BCUT2D eigenvalue weighted by Crippen LogP contribution is -2.28. The highest BCUT2D eigenvalue weighted by Gasteiger charge is 2.30. The standard InChI is InChI=1S/C25H27F2N5O/c1-13-7-8-32(21-6-4-5-20-24(21)29-14(2)9-23(33)30-20)22-11-18(25(26)27)17(10-16(13)22)19-12-28-31-15(19)3/h4-6,10-14,25,29H,7-9H2,1-3H3,(H,28,31)(H,30,33)/t13?,14-/m1/s1. The van der Waals surface area contributed by atoms with Crippen LogP contribution in [-0.2, 0) is 4.79 Å². The minimum absolute atomic E-state index is 0.00555. The van der Waals surface area contributed by atoms with Gasteiger partial charge in [0, 0.05) is 41.5 Å². The van der Waals surface area contributed by atoms with E-state index in [-0.39, 0.29) is 23.4 Å². The lowest BCUT2D eigenvalue weighted by Gasteiger charge is -2.37. The van der Waals surface area contributed by atoms with Crippen molar-refractivity contribution in [2.45, 2.75) is 52.0 Å². The van der Waals surface area contributed by atoms with Crippen molar-refractivity contribution in [3.8, 4) is 11.1 Å². The minimum Gasteiger partial charge on any atom is -0.379 e. The van der Waals surface area contributed by atoms with Crippen LogP contribution in [0, 0.1) is 6.92 Å². The maximum Gasteiger partial charge on any atom is 0.264 e. The van der Waals surface area contributed by atoms with Crippen molar-refractivity contribution in [1.29, 1.82) is 0 Å². The van der Waals surface area contributed by atoms with E-state index in [9.17, 15) is 13.6 Å². The Morgan fingerprint density at radius 1 is 1.15 bits per heavy atom. The zero-order valence-electron chi connectivity index (χ0n) is 18.9. The molecule has 1 amide bonds. The molecule has 0 saturated heterocycles. The molecule has 33 heavy (non-hydrogen) atoms. The molecule has 2 aliphatic heterocycles. The van der Waals surface area contributed by atoms with Crippen LogP contribution in [0.15, 0.2) is 36.5 Å². The number of nitrogens with one attached hydrogen (secondary N) is 3. The van der Waals surface area contributed by atoms with Crippen LogP contribution < -0.4 is 15.5 Å². The van der Waals surface area contributed by atoms with Crippen molar-refractivity contribution in [2.24, 2.45) is 0 Å². The summed E-state index contributed by atoms with van der Waals surface area (Å²) in [5, 5.41) is 13.3. The Bertz CT molecular complexity index is 1220. The fourth-order valence-corrected chi connectivity index (χ4v) is 4.93. The van der Waals surface area contributed by atoms with Gasteiger partial charge >= 0.3 is 0 Å². The summed E-state index contributed by atoms with van der Waals surface area (Å²) >= 11 is 0. The number of carbonyl (C=O) groups excluding carboxylic acids is 1. The number of H-pyrrole nitrogens is 1. The normalized spacial score (nSPS) is 20.1. The number of hydrogen-bond donors (Lipinski definition) is 3. The SMILES string of the molecule is Cc1[nH]ncc1-c1cc2c(cc1C(F)F)N(c1cccc3c1N[C@H](C)CC(=O)N3)CCC2C. The quantitative estimate of drug-likeness (QED) is 0.449. The number of para-hydroxylation sites is 1. The van der Waals surface area contributed by atoms with E-state index in [0.29, 0.717) is 29.8 Å². The van der Waals surface area contributed by atoms with Gasteiger partial charge in [-0.25, -0.2) is 8.78 Å². The Morgan fingerprint density at radius 3 is 2.70 bits per heavy atom. The van der Waals surface area contributed by atoms with Crippen LogP contribution >= 0.6 is 0 Å². The van der Waals surface area contributed by atoms with Crippen molar-refractivity contribution in [3.05, 3.63) is 53.3 Å². The molecule has 0 saturated carbocycles. The summed E-state index contributed by atoms with van der Waals surface area (Å²) in [4.78, 5) is 14.3. The number of amides is 1. The molecule has 2 aliphatic rings. The van der Waals surface area contributed by atoms with Crippen molar-refractivity contribution < 1.29 is 13.6 Å². The van der Waals surface area contributed by atoms with Crippen LogP contribution in [0.2, 0.25) is 0 Å². The Labute approximate surface area is 191 Å². The number of anilines is 4. The average Bonchev–Trinajstić information content (AvgIpc) is 3.13. The number of benzene rings is 2. The lowest BCUT2D eigenvalue weighted by molar-refractivity contribution is -0.116. The number of hydrogen-bond acceptors (Lipinski definition) is 4. The Kier molecular flexibility index (Phi) is 5.31. The zero-order valence-corrected chi connectivity index (χ0v) is 18.9. The van der Waals surface area contributed by atoms with E-state index in [2.05, 4.69) is 32.7 Å². The molecule has 0 spiro atoms. The molecule has 0 bridgehead atoms. The van der Waals surface area contributed by atoms with Gasteiger partial charge in [-0.05, 0) is 61.6 Å². The highest BCUT2D eigenvalue weighted by molar-refractivity contribution is 6.00. The number of aromatic nitrogens is 2. The maximum absolute atomic E-state index is 14.3. The van der Waals surface area contributed by atoms with Crippen LogP contribution in [0.1, 0.15) is 55.9 Å². The van der Waals surface area contributed by atoms with Crippen molar-refractivity contribution in [1.82, 2.24) is 10.2 Å². The minimum atomic E-state index is -2.62. The van der Waals surface area contributed by atoms with Crippen LogP contribution in [0.25, 0.3) is 11.1 Å². The third kappa shape index (κ3) is 3.73. The van der Waals surface area contributed by atoms with Gasteiger partial charge in [0.2, 0.25) is 5.91 Å². The number of carbonyl (C=O) groups is 1. The predicted octanol–water partition coefficient (Wildman–Crippen LogP) is 6.11. The number of aromatic amines is 1. The molecule has 0 fully saturated rings. The van der Waals surface area contributed by atoms with E-state index < -0.39 is 6.43 Å². The topological polar surface area (TPSA) is 73.0 Å². The van der Waals surface area contributed by atoms with Gasteiger partial charge in [-0.3, -0.25) is 9.89 Å². The summed E-state index contributed by atoms with van der Waals surface area (Å²) in [6, 6.07) is 9.23. The summed E-state index contributed by atoms with van der Waals surface area (Å²) in [6.07, 6.45) is 0.240. The van der Waals surface area contributed by atoms with Gasteiger partial charge in [-0.15, -0.1) is 0 Å². The second kappa shape index (κ2) is 8.17. The molecule has 172 valence electrons. The summed E-state index contributed by atoms with van der Waals surface area (Å²) in [7, 11) is 0. The molecule has 1 aromatic heterocycles. The number of alkyl halides is 2. The van der Waals surface area contributed by atoms with Gasteiger partial charge in [-0.1, -0.05) is 13.0 Å². The molecule has 3 heterocycles. The average molecular weight is 452 g/mol. The van der Waals surface area contributed by atoms with Gasteiger partial charge in [0.25, 0.3) is 6.43 Å². The van der Waals surface area contributed by atoms with Crippen molar-refractivity contribution in [2.75, 3.05) is 22.1 Å². The highest BCUT2D eigenvalue weighted by Crippen LogP contribution is 2.48. The fraction of sp³-hybridized carbons (Fsp3) is 0.360. The third-order valence-corrected chi connectivity index (χ3v) is 6.65. The monoisotopic (exact) mass is 451 g/mol. The molecule has 3 aromatic rings. The first-order valence-electron chi connectivity index (χ1n) is 11.3. The van der Waals surface area contributed by atoms with Crippen LogP contribution in [0.5, 0.6) is 0 Å². The van der Waals surface area contributed by atoms with Gasteiger partial charge in [-0.2, -0.15) is 5.10 Å². The molecule has 1 unspecified atom stereocenters. The van der Waals surface area contributed by atoms with Crippen molar-refractivity contribution >= 4 is 28.7 Å². The second-order valence-corrected chi connectivity index (χ2v) is 9.05. The van der Waals surface area contributed by atoms with Gasteiger partial charge in [0.15, 0.2) is 0 Å². The number of fused-ring (bicyclic) bond motifs is 2. The summed E-state index contributed by atoms with van der Waals surface area (Å²) in [5.41, 5.74) is 6.21. The van der Waals surface area contributed by atoms with E-state index in [1.165, 1.54) is 0 Å². The smallest absolute Gasteiger partial charge is 0.264 e. The van der Waals surface area contributed by atoms with Gasteiger partial charge in [0.05, 0.1) is 23.3 Å². The van der Waals surface area contributed by atoms with Crippen LogP contribution in [-0.4, -0.2) is 28.7 Å². The lowest BCUT2D eigenvalue weighted by atomic mass is 9.86. The predicted molar refractivity (Wildman–Crippen MR) is 127 cm³/mol. The first-order chi connectivity index (χ1) is 15.8. The number of halogens is 2. The molecule has 2 atom stereocenters. The molecule has 8 heteroatoms. The van der Waals surface area contributed by atoms with E-state index in [4.69, 9.17) is 0 Å². The molecular weight excluding hydrogens is 424 g/mol. The van der Waals surface area contributed by atoms with E-state index in [1.54, 1.807) is 12.3 Å². The third-order valence-electron chi connectivity index (χ3n) is 6.65. The van der Waals surface area contributed by atoms with Crippen LogP contribution in [0.3, 0.4) is 0 Å². The maximum atomic E-state index is 14.3. The van der Waals surface area contributed by atoms with Crippen molar-refractivity contribution in [3.63, 3.8) is 0 Å². The molecular formula is C25H27F2N5O. The summed E-state index contributed by atoms with van der Waals surface area (Å²) in [5.74, 6) is 0.182. The molecule has 0 radical (unpaired) electrons. The molecule has 0 aliphatic carbocycles.